The third-order valence-corrected chi connectivity index (χ3v) is 8.44. The van der Waals surface area contributed by atoms with E-state index >= 15 is 0 Å². The molecule has 10 heteroatoms. The van der Waals surface area contributed by atoms with Gasteiger partial charge in [0.25, 0.3) is 0 Å². The highest BCUT2D eigenvalue weighted by Crippen LogP contribution is 2.50. The Morgan fingerprint density at radius 1 is 1.03 bits per heavy atom. The number of benzene rings is 2. The van der Waals surface area contributed by atoms with Gasteiger partial charge in [-0.25, -0.2) is 9.78 Å². The molecule has 1 aliphatic carbocycles. The van der Waals surface area contributed by atoms with Crippen LogP contribution in [0.2, 0.25) is 0 Å². The van der Waals surface area contributed by atoms with E-state index in [0.29, 0.717) is 23.5 Å². The van der Waals surface area contributed by atoms with Gasteiger partial charge in [-0.15, -0.1) is 0 Å². The number of carbonyl (C=O) groups is 3. The Kier molecular flexibility index (Phi) is 6.70. The smallest absolute Gasteiger partial charge is 0.327 e. The fourth-order valence-electron chi connectivity index (χ4n) is 5.36. The monoisotopic (exact) mass is 541 g/mol. The predicted octanol–water partition coefficient (Wildman–Crippen LogP) is 4.59. The summed E-state index contributed by atoms with van der Waals surface area (Å²) in [7, 11) is 0. The van der Waals surface area contributed by atoms with Crippen molar-refractivity contribution in [3.05, 3.63) is 85.1 Å². The first-order valence-electron chi connectivity index (χ1n) is 12.8. The molecular formula is C29H27N5O4S. The average molecular weight is 542 g/mol. The summed E-state index contributed by atoms with van der Waals surface area (Å²) in [6.07, 6.45) is 5.15. The van der Waals surface area contributed by atoms with E-state index in [1.165, 1.54) is 17.8 Å². The molecule has 0 spiro atoms. The van der Waals surface area contributed by atoms with Gasteiger partial charge in [0.2, 0.25) is 11.8 Å². The van der Waals surface area contributed by atoms with Gasteiger partial charge in [0, 0.05) is 23.8 Å². The normalized spacial score (nSPS) is 23.0. The van der Waals surface area contributed by atoms with Crippen LogP contribution in [0.15, 0.2) is 84.5 Å². The summed E-state index contributed by atoms with van der Waals surface area (Å²) in [5, 5.41) is 9.26. The standard InChI is InChI=1S/C29H27N5O4S/c1-2-23(35)31-17-8-9-18(16-17)32-27(36)26-25-24-22(14-15-30-28(24)39-26)34(29(37)33-25)19-10-12-21(13-11-19)38-20-6-4-3-5-7-20/h2-7,10-15,17-18,25-26H,1,8-9,16H2,(H,31,35)(H,32,36)(H,33,37)/t17-,18+,25?,26?/m1/s1. The molecule has 3 N–H and O–H groups in total. The number of para-hydroxylation sites is 1. The van der Waals surface area contributed by atoms with E-state index in [2.05, 4.69) is 27.5 Å². The van der Waals surface area contributed by atoms with E-state index in [1.807, 2.05) is 60.7 Å². The van der Waals surface area contributed by atoms with Crippen LogP contribution in [0.4, 0.5) is 16.2 Å². The summed E-state index contributed by atoms with van der Waals surface area (Å²) >= 11 is 1.36. The first-order valence-corrected chi connectivity index (χ1v) is 13.7. The molecule has 0 saturated heterocycles. The van der Waals surface area contributed by atoms with Crippen LogP contribution in [0.25, 0.3) is 0 Å². The van der Waals surface area contributed by atoms with Crippen LogP contribution >= 0.6 is 11.8 Å². The van der Waals surface area contributed by atoms with Crippen molar-refractivity contribution in [1.82, 2.24) is 20.9 Å². The summed E-state index contributed by atoms with van der Waals surface area (Å²) in [5.74, 6) is 1.03. The van der Waals surface area contributed by atoms with E-state index in [4.69, 9.17) is 4.74 Å². The highest BCUT2D eigenvalue weighted by atomic mass is 32.2. The summed E-state index contributed by atoms with van der Waals surface area (Å²) in [6, 6.07) is 17.8. The molecule has 2 unspecified atom stereocenters. The largest absolute Gasteiger partial charge is 0.457 e. The molecule has 4 atom stereocenters. The van der Waals surface area contributed by atoms with E-state index < -0.39 is 11.3 Å². The second kappa shape index (κ2) is 10.5. The SMILES string of the molecule is C=CC(=O)N[C@@H]1CC[C@H](NC(=O)C2Sc3nccc4c3C2NC(=O)N4c2ccc(Oc3ccccc3)cc2)C1. The molecule has 1 aromatic heterocycles. The Balaban J connectivity index is 1.18. The molecule has 0 radical (unpaired) electrons. The topological polar surface area (TPSA) is 113 Å². The van der Waals surface area contributed by atoms with Gasteiger partial charge in [0.05, 0.1) is 17.4 Å². The number of ether oxygens (including phenoxy) is 1. The Labute approximate surface area is 230 Å². The molecule has 1 fully saturated rings. The zero-order valence-corrected chi connectivity index (χ0v) is 21.8. The van der Waals surface area contributed by atoms with Crippen LogP contribution in [0.1, 0.15) is 30.9 Å². The number of aromatic nitrogens is 1. The van der Waals surface area contributed by atoms with Gasteiger partial charge in [0.1, 0.15) is 21.8 Å². The summed E-state index contributed by atoms with van der Waals surface area (Å²) in [4.78, 5) is 44.5. The van der Waals surface area contributed by atoms with Crippen molar-refractivity contribution in [1.29, 1.82) is 0 Å². The maximum absolute atomic E-state index is 13.4. The van der Waals surface area contributed by atoms with E-state index in [9.17, 15) is 14.4 Å². The number of nitrogens with one attached hydrogen (secondary N) is 3. The van der Waals surface area contributed by atoms with Crippen LogP contribution in [0.5, 0.6) is 11.5 Å². The van der Waals surface area contributed by atoms with Crippen LogP contribution in [-0.4, -0.2) is 40.2 Å². The second-order valence-corrected chi connectivity index (χ2v) is 10.8. The van der Waals surface area contributed by atoms with Crippen molar-refractivity contribution in [3.8, 4) is 11.5 Å². The van der Waals surface area contributed by atoms with Crippen LogP contribution in [0, 0.1) is 0 Å². The van der Waals surface area contributed by atoms with Crippen molar-refractivity contribution in [2.24, 2.45) is 0 Å². The maximum Gasteiger partial charge on any atom is 0.327 e. The minimum Gasteiger partial charge on any atom is -0.457 e. The minimum absolute atomic E-state index is 0.00919. The number of pyridine rings is 1. The number of urea groups is 1. The molecule has 3 aromatic rings. The van der Waals surface area contributed by atoms with E-state index in [-0.39, 0.29) is 29.9 Å². The number of amides is 4. The van der Waals surface area contributed by atoms with Crippen molar-refractivity contribution in [2.75, 3.05) is 4.90 Å². The lowest BCUT2D eigenvalue weighted by atomic mass is 9.99. The lowest BCUT2D eigenvalue weighted by molar-refractivity contribution is -0.121. The molecule has 3 aliphatic rings. The highest BCUT2D eigenvalue weighted by molar-refractivity contribution is 8.01. The predicted molar refractivity (Wildman–Crippen MR) is 148 cm³/mol. The van der Waals surface area contributed by atoms with Gasteiger partial charge in [-0.3, -0.25) is 14.5 Å². The van der Waals surface area contributed by atoms with Gasteiger partial charge >= 0.3 is 6.03 Å². The summed E-state index contributed by atoms with van der Waals surface area (Å²) < 4.78 is 5.89. The molecule has 1 saturated carbocycles. The lowest BCUT2D eigenvalue weighted by Crippen LogP contribution is -2.50. The molecule has 2 aliphatic heterocycles. The van der Waals surface area contributed by atoms with E-state index in [0.717, 1.165) is 29.2 Å². The fraction of sp³-hybridized carbons (Fsp3) is 0.241. The first kappa shape index (κ1) is 25.0. The molecule has 39 heavy (non-hydrogen) atoms. The van der Waals surface area contributed by atoms with Crippen molar-refractivity contribution in [2.45, 2.75) is 47.7 Å². The molecule has 3 heterocycles. The van der Waals surface area contributed by atoms with Gasteiger partial charge < -0.3 is 20.7 Å². The first-order chi connectivity index (χ1) is 19.0. The minimum atomic E-state index is -0.539. The molecule has 6 rings (SSSR count). The van der Waals surface area contributed by atoms with E-state index in [1.54, 1.807) is 11.1 Å². The Hall–Kier alpha value is -4.31. The number of nitrogens with zero attached hydrogens (tertiary/aromatic N) is 2. The average Bonchev–Trinajstić information content (AvgIpc) is 3.55. The molecule has 9 nitrogen and oxygen atoms in total. The van der Waals surface area contributed by atoms with Crippen LogP contribution in [0.3, 0.4) is 0 Å². The summed E-state index contributed by atoms with van der Waals surface area (Å²) in [6.45, 7) is 3.49. The Morgan fingerprint density at radius 3 is 2.49 bits per heavy atom. The molecule has 2 aromatic carbocycles. The number of hydrogen-bond donors (Lipinski definition) is 3. The molecule has 4 amide bonds. The summed E-state index contributed by atoms with van der Waals surface area (Å²) in [5.41, 5.74) is 2.23. The lowest BCUT2D eigenvalue weighted by Gasteiger charge is -2.34. The van der Waals surface area contributed by atoms with Crippen molar-refractivity contribution in [3.63, 3.8) is 0 Å². The van der Waals surface area contributed by atoms with Crippen LogP contribution in [-0.2, 0) is 9.59 Å². The highest BCUT2D eigenvalue weighted by Gasteiger charge is 2.47. The third kappa shape index (κ3) is 4.95. The quantitative estimate of drug-likeness (QED) is 0.377. The zero-order valence-electron chi connectivity index (χ0n) is 21.0. The van der Waals surface area contributed by atoms with Crippen LogP contribution < -0.4 is 25.6 Å². The number of thioether (sulfide) groups is 1. The Bertz CT molecular complexity index is 1430. The van der Waals surface area contributed by atoms with Gasteiger partial charge in [-0.2, -0.15) is 0 Å². The number of rotatable bonds is 7. The second-order valence-electron chi connectivity index (χ2n) is 9.69. The zero-order chi connectivity index (χ0) is 26.9. The third-order valence-electron chi connectivity index (χ3n) is 7.15. The molecule has 0 bridgehead atoms. The number of hydrogen-bond acceptors (Lipinski definition) is 6. The van der Waals surface area contributed by atoms with Crippen molar-refractivity contribution >= 4 is 41.0 Å². The maximum atomic E-state index is 13.4. The van der Waals surface area contributed by atoms with Gasteiger partial charge in [0.15, 0.2) is 0 Å². The van der Waals surface area contributed by atoms with Gasteiger partial charge in [-0.1, -0.05) is 36.5 Å². The number of anilines is 2. The Morgan fingerprint density at radius 2 is 1.74 bits per heavy atom. The number of carbonyl (C=O) groups excluding carboxylic acids is 3. The molecular weight excluding hydrogens is 514 g/mol. The van der Waals surface area contributed by atoms with Crippen molar-refractivity contribution < 1.29 is 19.1 Å². The fourth-order valence-corrected chi connectivity index (χ4v) is 6.59. The molecule has 198 valence electrons. The van der Waals surface area contributed by atoms with Gasteiger partial charge in [-0.05, 0) is 67.8 Å².